The van der Waals surface area contributed by atoms with Crippen LogP contribution in [-0.2, 0) is 9.36 Å². The third kappa shape index (κ3) is 39.8. The van der Waals surface area contributed by atoms with Crippen LogP contribution in [0.3, 0.4) is 0 Å². The zero-order valence-corrected chi connectivity index (χ0v) is 16.6. The summed E-state index contributed by atoms with van der Waals surface area (Å²) in [6, 6.07) is 0. The predicted octanol–water partition coefficient (Wildman–Crippen LogP) is 4.58. The molecular weight excluding hydrogens is 341 g/mol. The molecule has 0 aliphatic rings. The van der Waals surface area contributed by atoms with Gasteiger partial charge in [-0.25, -0.2) is 4.57 Å². The van der Waals surface area contributed by atoms with Gasteiger partial charge >= 0.3 is 7.82 Å². The lowest BCUT2D eigenvalue weighted by atomic mass is 10.1. The second-order valence-electron chi connectivity index (χ2n) is 6.31. The van der Waals surface area contributed by atoms with Gasteiger partial charge in [0.05, 0.1) is 0 Å². The molecule has 0 radical (unpaired) electrons. The summed E-state index contributed by atoms with van der Waals surface area (Å²) in [6.45, 7) is 2.26. The summed E-state index contributed by atoms with van der Waals surface area (Å²) >= 11 is 0. The van der Waals surface area contributed by atoms with Crippen molar-refractivity contribution in [3.05, 3.63) is 12.2 Å². The highest BCUT2D eigenvalue weighted by molar-refractivity contribution is 7.45. The van der Waals surface area contributed by atoms with E-state index in [1.165, 1.54) is 70.6 Å². The van der Waals surface area contributed by atoms with Gasteiger partial charge in [0.2, 0.25) is 5.91 Å². The molecule has 0 aliphatic heterocycles. The van der Waals surface area contributed by atoms with Crippen molar-refractivity contribution in [2.75, 3.05) is 0 Å². The Labute approximate surface area is 153 Å². The third-order valence-electron chi connectivity index (χ3n) is 3.68. The van der Waals surface area contributed by atoms with E-state index in [-0.39, 0.29) is 5.91 Å². The van der Waals surface area contributed by atoms with Gasteiger partial charge in [0.15, 0.2) is 0 Å². The lowest BCUT2D eigenvalue weighted by molar-refractivity contribution is -0.118. The number of carbonyl (C=O) groups is 1. The Kier molecular flexibility index (Phi) is 20.9. The predicted molar refractivity (Wildman–Crippen MR) is 103 cm³/mol. The number of primary amides is 1. The molecule has 0 aromatic rings. The second kappa shape index (κ2) is 19.6. The normalized spacial score (nSPS) is 11.4. The number of hydrogen-bond acceptors (Lipinski definition) is 2. The zero-order chi connectivity index (χ0) is 19.4. The Morgan fingerprint density at radius 1 is 0.800 bits per heavy atom. The fourth-order valence-electron chi connectivity index (χ4n) is 2.37. The Balaban J connectivity index is 0. The maximum absolute atomic E-state index is 10.5. The molecular formula is C18H38NO5P. The maximum Gasteiger partial charge on any atom is 0.466 e. The number of phosphoric acid groups is 1. The van der Waals surface area contributed by atoms with Gasteiger partial charge in [0.1, 0.15) is 0 Å². The van der Waals surface area contributed by atoms with Crippen molar-refractivity contribution < 1.29 is 24.0 Å². The minimum atomic E-state index is -4.64. The SMILES string of the molecule is CCCCCCCCC=CCCCCCCCC(N)=O.O=P(O)(O)O. The minimum absolute atomic E-state index is 0.164. The first-order chi connectivity index (χ1) is 11.8. The number of nitrogens with two attached hydrogens (primary N) is 1. The summed E-state index contributed by atoms with van der Waals surface area (Å²) in [5, 5.41) is 0. The molecule has 0 saturated carbocycles. The summed E-state index contributed by atoms with van der Waals surface area (Å²) in [5.74, 6) is -0.164. The molecule has 0 unspecified atom stereocenters. The van der Waals surface area contributed by atoms with Crippen LogP contribution >= 0.6 is 7.82 Å². The number of amides is 1. The average Bonchev–Trinajstić information content (AvgIpc) is 2.49. The summed E-state index contributed by atoms with van der Waals surface area (Å²) in [6.07, 6.45) is 21.9. The Bertz CT molecular complexity index is 360. The highest BCUT2D eigenvalue weighted by atomic mass is 31.2. The Morgan fingerprint density at radius 3 is 1.56 bits per heavy atom. The molecule has 150 valence electrons. The molecule has 0 saturated heterocycles. The van der Waals surface area contributed by atoms with E-state index in [4.69, 9.17) is 25.0 Å². The lowest BCUT2D eigenvalue weighted by Gasteiger charge is -1.99. The number of unbranched alkanes of at least 4 members (excludes halogenated alkanes) is 11. The van der Waals surface area contributed by atoms with E-state index in [0.29, 0.717) is 6.42 Å². The Hall–Kier alpha value is -0.680. The molecule has 25 heavy (non-hydrogen) atoms. The standard InChI is InChI=1S/C18H35NO.H3O4P/c1-2-3-4-5-6-7-8-9-10-11-12-13-14-15-16-17-18(19)20;1-5(2,3)4/h9-10H,2-8,11-17H2,1H3,(H2,19,20);(H3,1,2,3,4). The molecule has 0 aliphatic carbocycles. The van der Waals surface area contributed by atoms with E-state index in [1.54, 1.807) is 0 Å². The van der Waals surface area contributed by atoms with Crippen molar-refractivity contribution in [1.29, 1.82) is 0 Å². The highest BCUT2D eigenvalue weighted by Crippen LogP contribution is 2.25. The first-order valence-corrected chi connectivity index (χ1v) is 11.1. The molecule has 0 heterocycles. The summed E-state index contributed by atoms with van der Waals surface area (Å²) < 4.78 is 8.88. The van der Waals surface area contributed by atoms with E-state index in [0.717, 1.165) is 12.8 Å². The van der Waals surface area contributed by atoms with Gasteiger partial charge in [-0.1, -0.05) is 70.4 Å². The van der Waals surface area contributed by atoms with Crippen molar-refractivity contribution in [3.63, 3.8) is 0 Å². The van der Waals surface area contributed by atoms with Gasteiger partial charge in [-0.2, -0.15) is 0 Å². The van der Waals surface area contributed by atoms with Crippen LogP contribution in [0.4, 0.5) is 0 Å². The quantitative estimate of drug-likeness (QED) is 0.188. The van der Waals surface area contributed by atoms with Crippen LogP contribution in [0.1, 0.15) is 96.8 Å². The number of allylic oxidation sites excluding steroid dienone is 2. The fourth-order valence-corrected chi connectivity index (χ4v) is 2.37. The summed E-state index contributed by atoms with van der Waals surface area (Å²) in [7, 11) is -4.64. The topological polar surface area (TPSA) is 121 Å². The van der Waals surface area contributed by atoms with Crippen LogP contribution in [0.25, 0.3) is 0 Å². The average molecular weight is 379 g/mol. The highest BCUT2D eigenvalue weighted by Gasteiger charge is 2.00. The molecule has 0 aromatic carbocycles. The summed E-state index contributed by atoms with van der Waals surface area (Å²) in [4.78, 5) is 32.1. The van der Waals surface area contributed by atoms with Crippen LogP contribution < -0.4 is 5.73 Å². The van der Waals surface area contributed by atoms with Crippen LogP contribution in [0.2, 0.25) is 0 Å². The second-order valence-corrected chi connectivity index (χ2v) is 7.34. The zero-order valence-electron chi connectivity index (χ0n) is 15.7. The molecule has 7 heteroatoms. The van der Waals surface area contributed by atoms with Crippen LogP contribution in [0.15, 0.2) is 12.2 Å². The van der Waals surface area contributed by atoms with Gasteiger partial charge in [-0.3, -0.25) is 4.79 Å². The van der Waals surface area contributed by atoms with Crippen molar-refractivity contribution in [3.8, 4) is 0 Å². The van der Waals surface area contributed by atoms with Crippen LogP contribution in [-0.4, -0.2) is 20.6 Å². The van der Waals surface area contributed by atoms with Crippen molar-refractivity contribution >= 4 is 13.7 Å². The molecule has 0 atom stereocenters. The molecule has 5 N–H and O–H groups in total. The van der Waals surface area contributed by atoms with Gasteiger partial charge in [0.25, 0.3) is 0 Å². The minimum Gasteiger partial charge on any atom is -0.370 e. The van der Waals surface area contributed by atoms with E-state index < -0.39 is 7.82 Å². The van der Waals surface area contributed by atoms with Gasteiger partial charge in [-0.05, 0) is 32.1 Å². The number of carbonyl (C=O) groups excluding carboxylic acids is 1. The van der Waals surface area contributed by atoms with Crippen molar-refractivity contribution in [1.82, 2.24) is 0 Å². The van der Waals surface area contributed by atoms with Gasteiger partial charge in [-0.15, -0.1) is 0 Å². The lowest BCUT2D eigenvalue weighted by Crippen LogP contribution is -2.09. The smallest absolute Gasteiger partial charge is 0.370 e. The van der Waals surface area contributed by atoms with Gasteiger partial charge in [0, 0.05) is 6.42 Å². The number of hydrogen-bond donors (Lipinski definition) is 4. The van der Waals surface area contributed by atoms with Crippen LogP contribution in [0.5, 0.6) is 0 Å². The van der Waals surface area contributed by atoms with E-state index in [2.05, 4.69) is 19.1 Å². The van der Waals surface area contributed by atoms with E-state index in [1.807, 2.05) is 0 Å². The molecule has 0 rings (SSSR count). The molecule has 0 spiro atoms. The van der Waals surface area contributed by atoms with E-state index in [9.17, 15) is 4.79 Å². The van der Waals surface area contributed by atoms with Crippen LogP contribution in [0, 0.1) is 0 Å². The summed E-state index contributed by atoms with van der Waals surface area (Å²) in [5.41, 5.74) is 5.10. The number of rotatable bonds is 15. The first-order valence-electron chi connectivity index (χ1n) is 9.49. The Morgan fingerprint density at radius 2 is 1.16 bits per heavy atom. The third-order valence-corrected chi connectivity index (χ3v) is 3.68. The molecule has 0 bridgehead atoms. The first kappa shape index (κ1) is 26.5. The largest absolute Gasteiger partial charge is 0.466 e. The molecule has 0 fully saturated rings. The molecule has 6 nitrogen and oxygen atoms in total. The maximum atomic E-state index is 10.5. The van der Waals surface area contributed by atoms with E-state index >= 15 is 0 Å². The fraction of sp³-hybridized carbons (Fsp3) is 0.833. The monoisotopic (exact) mass is 379 g/mol. The van der Waals surface area contributed by atoms with Crippen molar-refractivity contribution in [2.24, 2.45) is 5.73 Å². The molecule has 1 amide bonds. The van der Waals surface area contributed by atoms with Crippen molar-refractivity contribution in [2.45, 2.75) is 96.8 Å². The molecule has 0 aromatic heterocycles. The van der Waals surface area contributed by atoms with Gasteiger partial charge < -0.3 is 20.4 Å².